The maximum absolute atomic E-state index is 14.6. The SMILES string of the molecule is O=C(c1ccccc1)c1cc(C(F)(F)C(F)(F)Cl)c2c3ccccc3ccn12. The lowest BCUT2D eigenvalue weighted by Gasteiger charge is -2.21. The number of hydrogen-bond donors (Lipinski definition) is 0. The molecule has 0 N–H and O–H groups in total. The third-order valence-corrected chi connectivity index (χ3v) is 4.86. The smallest absolute Gasteiger partial charge is 0.312 e. The number of nitrogens with zero attached hydrogens (tertiary/aromatic N) is 1. The third kappa shape index (κ3) is 2.76. The molecule has 0 unspecified atom stereocenters. The van der Waals surface area contributed by atoms with E-state index in [1.54, 1.807) is 42.5 Å². The minimum Gasteiger partial charge on any atom is -0.312 e. The molecule has 142 valence electrons. The van der Waals surface area contributed by atoms with Crippen LogP contribution in [0.3, 0.4) is 0 Å². The Morgan fingerprint density at radius 2 is 1.54 bits per heavy atom. The molecule has 4 aromatic rings. The highest BCUT2D eigenvalue weighted by molar-refractivity contribution is 6.22. The van der Waals surface area contributed by atoms with Crippen molar-refractivity contribution in [2.75, 3.05) is 0 Å². The standard InChI is InChI=1S/C21H12ClF4NO/c22-21(25,26)20(23,24)16-12-17(19(28)14-7-2-1-3-8-14)27-11-10-13-6-4-5-9-15(13)18(16)27/h1-12H. The van der Waals surface area contributed by atoms with E-state index in [1.807, 2.05) is 0 Å². The van der Waals surface area contributed by atoms with Crippen LogP contribution in [0.25, 0.3) is 16.3 Å². The van der Waals surface area contributed by atoms with Crippen molar-refractivity contribution >= 4 is 33.7 Å². The Kier molecular flexibility index (Phi) is 4.19. The highest BCUT2D eigenvalue weighted by atomic mass is 35.5. The summed E-state index contributed by atoms with van der Waals surface area (Å²) in [7, 11) is 0. The van der Waals surface area contributed by atoms with Gasteiger partial charge in [-0.2, -0.15) is 17.6 Å². The van der Waals surface area contributed by atoms with Crippen LogP contribution in [0.4, 0.5) is 17.6 Å². The summed E-state index contributed by atoms with van der Waals surface area (Å²) in [5.41, 5.74) is -1.07. The molecule has 0 amide bonds. The first-order chi connectivity index (χ1) is 13.2. The Morgan fingerprint density at radius 3 is 2.21 bits per heavy atom. The fraction of sp³-hybridized carbons (Fsp3) is 0.0952. The van der Waals surface area contributed by atoms with Crippen LogP contribution < -0.4 is 0 Å². The predicted octanol–water partition coefficient (Wildman–Crippen LogP) is 6.25. The van der Waals surface area contributed by atoms with Crippen molar-refractivity contribution in [3.05, 3.63) is 89.7 Å². The van der Waals surface area contributed by atoms with Gasteiger partial charge in [-0.15, -0.1) is 0 Å². The Morgan fingerprint density at radius 1 is 0.893 bits per heavy atom. The van der Waals surface area contributed by atoms with E-state index in [0.29, 0.717) is 10.8 Å². The Bertz CT molecular complexity index is 1200. The van der Waals surface area contributed by atoms with Gasteiger partial charge in [0.15, 0.2) is 0 Å². The van der Waals surface area contributed by atoms with Crippen LogP contribution in [0.1, 0.15) is 21.6 Å². The summed E-state index contributed by atoms with van der Waals surface area (Å²) in [6.07, 6.45) is 1.42. The molecule has 0 saturated heterocycles. The van der Waals surface area contributed by atoms with Crippen LogP contribution in [0.5, 0.6) is 0 Å². The summed E-state index contributed by atoms with van der Waals surface area (Å²) in [5.74, 6) is -5.25. The lowest BCUT2D eigenvalue weighted by molar-refractivity contribution is -0.163. The molecule has 2 aromatic carbocycles. The second-order valence-electron chi connectivity index (χ2n) is 6.33. The molecule has 0 aliphatic heterocycles. The van der Waals surface area contributed by atoms with E-state index in [9.17, 15) is 22.4 Å². The Balaban J connectivity index is 2.09. The van der Waals surface area contributed by atoms with Crippen molar-refractivity contribution in [2.45, 2.75) is 11.3 Å². The molecule has 0 radical (unpaired) electrons. The number of ketones is 1. The van der Waals surface area contributed by atoms with E-state index in [2.05, 4.69) is 0 Å². The number of halogens is 5. The van der Waals surface area contributed by atoms with Crippen molar-refractivity contribution in [1.29, 1.82) is 0 Å². The fourth-order valence-electron chi connectivity index (χ4n) is 3.27. The van der Waals surface area contributed by atoms with Gasteiger partial charge < -0.3 is 4.40 Å². The summed E-state index contributed by atoms with van der Waals surface area (Å²) in [6.45, 7) is 0. The average Bonchev–Trinajstić information content (AvgIpc) is 3.08. The van der Waals surface area contributed by atoms with Gasteiger partial charge in [0, 0.05) is 17.1 Å². The molecular weight excluding hydrogens is 394 g/mol. The highest BCUT2D eigenvalue weighted by Gasteiger charge is 2.58. The number of benzene rings is 2. The van der Waals surface area contributed by atoms with E-state index >= 15 is 0 Å². The first-order valence-corrected chi connectivity index (χ1v) is 8.67. The van der Waals surface area contributed by atoms with Crippen molar-refractivity contribution in [2.24, 2.45) is 0 Å². The Hall–Kier alpha value is -2.86. The first kappa shape index (κ1) is 18.5. The summed E-state index contributed by atoms with van der Waals surface area (Å²) >= 11 is 4.74. The van der Waals surface area contributed by atoms with E-state index in [0.717, 1.165) is 6.07 Å². The van der Waals surface area contributed by atoms with Crippen molar-refractivity contribution in [3.63, 3.8) is 0 Å². The molecule has 0 fully saturated rings. The molecule has 28 heavy (non-hydrogen) atoms. The number of carbonyl (C=O) groups is 1. The fourth-order valence-corrected chi connectivity index (χ4v) is 3.37. The van der Waals surface area contributed by atoms with Crippen LogP contribution in [0, 0.1) is 0 Å². The van der Waals surface area contributed by atoms with Gasteiger partial charge in [-0.05, 0) is 29.1 Å². The number of hydrogen-bond acceptors (Lipinski definition) is 1. The number of aromatic nitrogens is 1. The maximum Gasteiger partial charge on any atom is 0.388 e. The number of carbonyl (C=O) groups excluding carboxylic acids is 1. The zero-order chi connectivity index (χ0) is 20.1. The largest absolute Gasteiger partial charge is 0.388 e. The van der Waals surface area contributed by atoms with Gasteiger partial charge in [-0.1, -0.05) is 54.6 Å². The highest BCUT2D eigenvalue weighted by Crippen LogP contribution is 2.48. The normalized spacial score (nSPS) is 12.6. The quantitative estimate of drug-likeness (QED) is 0.223. The van der Waals surface area contributed by atoms with Gasteiger partial charge in [0.1, 0.15) is 0 Å². The zero-order valence-electron chi connectivity index (χ0n) is 14.2. The number of pyridine rings is 1. The van der Waals surface area contributed by atoms with E-state index < -0.39 is 22.7 Å². The molecular formula is C21H12ClF4NO. The van der Waals surface area contributed by atoms with Gasteiger partial charge in [-0.3, -0.25) is 4.79 Å². The molecule has 0 aliphatic carbocycles. The minimum absolute atomic E-state index is 0.150. The van der Waals surface area contributed by atoms with Crippen LogP contribution in [-0.2, 0) is 5.92 Å². The summed E-state index contributed by atoms with van der Waals surface area (Å²) in [4.78, 5) is 12.9. The first-order valence-electron chi connectivity index (χ1n) is 8.29. The predicted molar refractivity (Wildman–Crippen MR) is 99.5 cm³/mol. The van der Waals surface area contributed by atoms with Crippen molar-refractivity contribution in [3.8, 4) is 0 Å². The average molecular weight is 406 g/mol. The molecule has 2 nitrogen and oxygen atoms in total. The second-order valence-corrected chi connectivity index (χ2v) is 6.81. The molecule has 7 heteroatoms. The number of fused-ring (bicyclic) bond motifs is 3. The lowest BCUT2D eigenvalue weighted by Crippen LogP contribution is -2.32. The summed E-state index contributed by atoms with van der Waals surface area (Å²) in [5, 5.41) is -3.94. The van der Waals surface area contributed by atoms with Gasteiger partial charge in [0.25, 0.3) is 0 Å². The van der Waals surface area contributed by atoms with Gasteiger partial charge in [-0.25, -0.2) is 0 Å². The topological polar surface area (TPSA) is 21.5 Å². The van der Waals surface area contributed by atoms with Crippen LogP contribution >= 0.6 is 11.6 Å². The molecule has 0 bridgehead atoms. The number of rotatable bonds is 4. The Labute approximate surface area is 162 Å². The third-order valence-electron chi connectivity index (χ3n) is 4.62. The molecule has 2 heterocycles. The van der Waals surface area contributed by atoms with Gasteiger partial charge in [0.05, 0.1) is 16.8 Å². The summed E-state index contributed by atoms with van der Waals surface area (Å²) in [6, 6.07) is 16.9. The summed E-state index contributed by atoms with van der Waals surface area (Å²) < 4.78 is 57.5. The van der Waals surface area contributed by atoms with E-state index in [-0.39, 0.29) is 16.8 Å². The van der Waals surface area contributed by atoms with Crippen LogP contribution in [-0.4, -0.2) is 15.6 Å². The van der Waals surface area contributed by atoms with Gasteiger partial charge >= 0.3 is 11.3 Å². The maximum atomic E-state index is 14.6. The number of alkyl halides is 5. The van der Waals surface area contributed by atoms with Crippen LogP contribution in [0.15, 0.2) is 72.9 Å². The van der Waals surface area contributed by atoms with Crippen molar-refractivity contribution < 1.29 is 22.4 Å². The zero-order valence-corrected chi connectivity index (χ0v) is 14.9. The van der Waals surface area contributed by atoms with Crippen molar-refractivity contribution in [1.82, 2.24) is 4.40 Å². The van der Waals surface area contributed by atoms with E-state index in [4.69, 9.17) is 11.6 Å². The molecule has 0 atom stereocenters. The molecule has 2 aromatic heterocycles. The minimum atomic E-state index is -4.82. The monoisotopic (exact) mass is 405 g/mol. The molecule has 4 rings (SSSR count). The molecule has 0 aliphatic rings. The lowest BCUT2D eigenvalue weighted by atomic mass is 10.0. The van der Waals surface area contributed by atoms with Crippen LogP contribution in [0.2, 0.25) is 0 Å². The second kappa shape index (κ2) is 6.34. The van der Waals surface area contributed by atoms with Gasteiger partial charge in [0.2, 0.25) is 5.78 Å². The molecule has 0 spiro atoms. The van der Waals surface area contributed by atoms with E-state index in [1.165, 1.54) is 28.8 Å². The molecule has 0 saturated carbocycles.